The smallest absolute Gasteiger partial charge is 0.0641 e. The monoisotopic (exact) mass is 266 g/mol. The van der Waals surface area contributed by atoms with Crippen molar-refractivity contribution < 1.29 is 0 Å². The number of benzene rings is 2. The first-order valence-electron chi connectivity index (χ1n) is 5.14. The first kappa shape index (κ1) is 12.1. The Balaban J connectivity index is 2.37. The van der Waals surface area contributed by atoms with Crippen LogP contribution in [0, 0.1) is 6.92 Å². The summed E-state index contributed by atoms with van der Waals surface area (Å²) in [6.07, 6.45) is 0. The molecule has 2 rings (SSSR count). The molecule has 0 fully saturated rings. The summed E-state index contributed by atoms with van der Waals surface area (Å²) >= 11 is 12.0. The summed E-state index contributed by atoms with van der Waals surface area (Å²) in [6.45, 7) is 2.00. The molecule has 0 saturated heterocycles. The molecule has 0 unspecified atom stereocenters. The van der Waals surface area contributed by atoms with E-state index in [-0.39, 0.29) is 0 Å². The van der Waals surface area contributed by atoms with Gasteiger partial charge in [-0.05, 0) is 42.8 Å². The number of rotatable bonds is 2. The lowest BCUT2D eigenvalue weighted by molar-refractivity contribution is 1.45. The van der Waals surface area contributed by atoms with Crippen molar-refractivity contribution in [2.24, 2.45) is 0 Å². The van der Waals surface area contributed by atoms with Gasteiger partial charge in [0.25, 0.3) is 0 Å². The molecule has 0 aliphatic rings. The van der Waals surface area contributed by atoms with Gasteiger partial charge in [-0.1, -0.05) is 29.3 Å². The molecule has 0 aliphatic carbocycles. The molecule has 3 N–H and O–H groups in total. The first-order valence-corrected chi connectivity index (χ1v) is 5.90. The van der Waals surface area contributed by atoms with E-state index in [0.717, 1.165) is 16.9 Å². The maximum absolute atomic E-state index is 6.10. The van der Waals surface area contributed by atoms with Gasteiger partial charge >= 0.3 is 0 Å². The predicted molar refractivity (Wildman–Crippen MR) is 75.3 cm³/mol. The minimum absolute atomic E-state index is 0.630. The Kier molecular flexibility index (Phi) is 3.46. The Hall–Kier alpha value is -1.38. The van der Waals surface area contributed by atoms with Crippen LogP contribution < -0.4 is 11.1 Å². The van der Waals surface area contributed by atoms with Gasteiger partial charge in [0, 0.05) is 5.02 Å². The molecule has 0 saturated carbocycles. The Labute approximate surface area is 110 Å². The van der Waals surface area contributed by atoms with Crippen molar-refractivity contribution in [3.05, 3.63) is 52.0 Å². The van der Waals surface area contributed by atoms with Crippen molar-refractivity contribution in [3.8, 4) is 0 Å². The van der Waals surface area contributed by atoms with Crippen molar-refractivity contribution in [1.82, 2.24) is 0 Å². The van der Waals surface area contributed by atoms with Gasteiger partial charge in [-0.3, -0.25) is 0 Å². The van der Waals surface area contributed by atoms with Gasteiger partial charge < -0.3 is 11.1 Å². The van der Waals surface area contributed by atoms with Crippen molar-refractivity contribution >= 4 is 40.3 Å². The summed E-state index contributed by atoms with van der Waals surface area (Å²) in [5, 5.41) is 4.46. The fourth-order valence-corrected chi connectivity index (χ4v) is 1.85. The standard InChI is InChI=1S/C13H12Cl2N2/c1-8-2-4-10(15)12(6-8)17-13-7-9(14)3-5-11(13)16/h2-7,17H,16H2,1H3. The van der Waals surface area contributed by atoms with E-state index in [4.69, 9.17) is 28.9 Å². The molecular formula is C13H12Cl2N2. The van der Waals surface area contributed by atoms with Crippen LogP contribution in [-0.2, 0) is 0 Å². The molecule has 0 bridgehead atoms. The van der Waals surface area contributed by atoms with Gasteiger partial charge in [-0.25, -0.2) is 0 Å². The molecule has 17 heavy (non-hydrogen) atoms. The van der Waals surface area contributed by atoms with Gasteiger partial charge in [0.1, 0.15) is 0 Å². The van der Waals surface area contributed by atoms with Gasteiger partial charge in [0.15, 0.2) is 0 Å². The van der Waals surface area contributed by atoms with Gasteiger partial charge in [-0.2, -0.15) is 0 Å². The minimum atomic E-state index is 0.630. The summed E-state index contributed by atoms with van der Waals surface area (Å²) in [6, 6.07) is 11.0. The average molecular weight is 267 g/mol. The lowest BCUT2D eigenvalue weighted by Gasteiger charge is -2.11. The Morgan fingerprint density at radius 2 is 1.76 bits per heavy atom. The second-order valence-electron chi connectivity index (χ2n) is 3.84. The third-order valence-electron chi connectivity index (χ3n) is 2.41. The molecule has 2 nitrogen and oxygen atoms in total. The molecule has 88 valence electrons. The van der Waals surface area contributed by atoms with Crippen molar-refractivity contribution in [1.29, 1.82) is 0 Å². The molecule has 0 aliphatic heterocycles. The van der Waals surface area contributed by atoms with Gasteiger partial charge in [0.2, 0.25) is 0 Å². The van der Waals surface area contributed by atoms with Crippen molar-refractivity contribution in [2.45, 2.75) is 6.92 Å². The number of nitrogens with one attached hydrogen (secondary N) is 1. The van der Waals surface area contributed by atoms with E-state index in [9.17, 15) is 0 Å². The third-order valence-corrected chi connectivity index (χ3v) is 2.97. The van der Waals surface area contributed by atoms with Gasteiger partial charge in [-0.15, -0.1) is 0 Å². The highest BCUT2D eigenvalue weighted by Crippen LogP contribution is 2.30. The van der Waals surface area contributed by atoms with E-state index < -0.39 is 0 Å². The Morgan fingerprint density at radius 1 is 1.00 bits per heavy atom. The molecule has 0 amide bonds. The minimum Gasteiger partial charge on any atom is -0.397 e. The van der Waals surface area contributed by atoms with E-state index >= 15 is 0 Å². The van der Waals surface area contributed by atoms with Crippen molar-refractivity contribution in [2.75, 3.05) is 11.1 Å². The number of hydrogen-bond donors (Lipinski definition) is 2. The fraction of sp³-hybridized carbons (Fsp3) is 0.0769. The van der Waals surface area contributed by atoms with E-state index in [1.807, 2.05) is 25.1 Å². The van der Waals surface area contributed by atoms with E-state index in [0.29, 0.717) is 15.7 Å². The SMILES string of the molecule is Cc1ccc(Cl)c(Nc2cc(Cl)ccc2N)c1. The highest BCUT2D eigenvalue weighted by atomic mass is 35.5. The molecule has 0 spiro atoms. The third kappa shape index (κ3) is 2.84. The van der Waals surface area contributed by atoms with Crippen LogP contribution in [0.1, 0.15) is 5.56 Å². The molecular weight excluding hydrogens is 255 g/mol. The van der Waals surface area contributed by atoms with Crippen LogP contribution in [0.15, 0.2) is 36.4 Å². The van der Waals surface area contributed by atoms with E-state index in [2.05, 4.69) is 5.32 Å². The summed E-state index contributed by atoms with van der Waals surface area (Å²) in [5.41, 5.74) is 9.19. The summed E-state index contributed by atoms with van der Waals surface area (Å²) in [5.74, 6) is 0. The molecule has 0 atom stereocenters. The zero-order valence-electron chi connectivity index (χ0n) is 9.30. The zero-order chi connectivity index (χ0) is 12.4. The lowest BCUT2D eigenvalue weighted by Crippen LogP contribution is -1.97. The number of nitrogen functional groups attached to an aromatic ring is 1. The number of anilines is 3. The molecule has 0 radical (unpaired) electrons. The number of hydrogen-bond acceptors (Lipinski definition) is 2. The summed E-state index contributed by atoms with van der Waals surface area (Å²) in [7, 11) is 0. The number of aryl methyl sites for hydroxylation is 1. The quantitative estimate of drug-likeness (QED) is 0.778. The van der Waals surface area contributed by atoms with Crippen LogP contribution >= 0.6 is 23.2 Å². The van der Waals surface area contributed by atoms with Crippen LogP contribution in [0.4, 0.5) is 17.1 Å². The van der Waals surface area contributed by atoms with Gasteiger partial charge in [0.05, 0.1) is 22.1 Å². The van der Waals surface area contributed by atoms with Crippen LogP contribution in [0.3, 0.4) is 0 Å². The number of nitrogens with two attached hydrogens (primary N) is 1. The predicted octanol–water partition coefficient (Wildman–Crippen LogP) is 4.63. The molecule has 2 aromatic rings. The largest absolute Gasteiger partial charge is 0.397 e. The molecule has 4 heteroatoms. The number of halogens is 2. The molecule has 0 heterocycles. The highest BCUT2D eigenvalue weighted by molar-refractivity contribution is 6.33. The molecule has 2 aromatic carbocycles. The van der Waals surface area contributed by atoms with Crippen LogP contribution in [0.2, 0.25) is 10.0 Å². The first-order chi connectivity index (χ1) is 8.06. The Bertz CT molecular complexity index is 504. The lowest BCUT2D eigenvalue weighted by atomic mass is 10.2. The average Bonchev–Trinajstić information content (AvgIpc) is 2.28. The topological polar surface area (TPSA) is 38.0 Å². The van der Waals surface area contributed by atoms with Crippen molar-refractivity contribution in [3.63, 3.8) is 0 Å². The fourth-order valence-electron chi connectivity index (χ4n) is 1.52. The Morgan fingerprint density at radius 3 is 2.53 bits per heavy atom. The van der Waals surface area contributed by atoms with Crippen LogP contribution in [0.25, 0.3) is 0 Å². The maximum atomic E-state index is 6.10. The maximum Gasteiger partial charge on any atom is 0.0641 e. The summed E-state index contributed by atoms with van der Waals surface area (Å²) in [4.78, 5) is 0. The highest BCUT2D eigenvalue weighted by Gasteiger charge is 2.04. The zero-order valence-corrected chi connectivity index (χ0v) is 10.8. The van der Waals surface area contributed by atoms with Crippen LogP contribution in [0.5, 0.6) is 0 Å². The van der Waals surface area contributed by atoms with E-state index in [1.54, 1.807) is 18.2 Å². The second kappa shape index (κ2) is 4.86. The second-order valence-corrected chi connectivity index (χ2v) is 4.68. The normalized spacial score (nSPS) is 10.3. The summed E-state index contributed by atoms with van der Waals surface area (Å²) < 4.78 is 0. The van der Waals surface area contributed by atoms with Crippen LogP contribution in [-0.4, -0.2) is 0 Å². The molecule has 0 aromatic heterocycles. The van der Waals surface area contributed by atoms with E-state index in [1.165, 1.54) is 0 Å².